The van der Waals surface area contributed by atoms with Gasteiger partial charge < -0.3 is 0 Å². The normalized spacial score (nSPS) is 29.9. The molecule has 0 bridgehead atoms. The van der Waals surface area contributed by atoms with Crippen LogP contribution in [0.1, 0.15) is 0 Å². The highest BCUT2D eigenvalue weighted by Gasteiger charge is 2.23. The van der Waals surface area contributed by atoms with E-state index >= 15 is 0 Å². The minimum absolute atomic E-state index is 0.0486. The average Bonchev–Trinajstić information content (AvgIpc) is 1.98. The standard InChI is InChI=1S/C3H5ClFN3/c1-8-3(5)2(4)6-7-8/h3,7H,1H3. The van der Waals surface area contributed by atoms with E-state index in [1.165, 1.54) is 12.1 Å². The molecule has 0 aromatic rings. The van der Waals surface area contributed by atoms with Crippen LogP contribution < -0.4 is 5.53 Å². The van der Waals surface area contributed by atoms with Gasteiger partial charge in [-0.05, 0) is 0 Å². The third-order valence-electron chi connectivity index (χ3n) is 0.851. The molecule has 0 spiro atoms. The van der Waals surface area contributed by atoms with E-state index in [0.29, 0.717) is 0 Å². The Morgan fingerprint density at radius 3 is 2.75 bits per heavy atom. The molecule has 0 aromatic carbocycles. The Morgan fingerprint density at radius 1 is 2.00 bits per heavy atom. The van der Waals surface area contributed by atoms with Crippen molar-refractivity contribution in [1.29, 1.82) is 0 Å². The highest BCUT2D eigenvalue weighted by atomic mass is 35.5. The zero-order valence-corrected chi connectivity index (χ0v) is 4.98. The van der Waals surface area contributed by atoms with Gasteiger partial charge in [0.2, 0.25) is 6.30 Å². The number of nitrogens with one attached hydrogen (secondary N) is 1. The van der Waals surface area contributed by atoms with E-state index in [4.69, 9.17) is 11.6 Å². The maximum Gasteiger partial charge on any atom is 0.226 e. The third-order valence-corrected chi connectivity index (χ3v) is 1.12. The number of halogens is 2. The maximum absolute atomic E-state index is 12.3. The molecule has 0 aliphatic carbocycles. The zero-order valence-electron chi connectivity index (χ0n) is 4.23. The topological polar surface area (TPSA) is 27.6 Å². The zero-order chi connectivity index (χ0) is 6.15. The molecule has 1 N–H and O–H groups in total. The number of hydrogen-bond acceptors (Lipinski definition) is 3. The van der Waals surface area contributed by atoms with Gasteiger partial charge >= 0.3 is 0 Å². The number of hydrazine groups is 1. The maximum atomic E-state index is 12.3. The van der Waals surface area contributed by atoms with Gasteiger partial charge in [0, 0.05) is 7.05 Å². The molecule has 1 aliphatic heterocycles. The van der Waals surface area contributed by atoms with Crippen LogP contribution in [0.25, 0.3) is 0 Å². The van der Waals surface area contributed by atoms with E-state index in [1.807, 2.05) is 0 Å². The van der Waals surface area contributed by atoms with Crippen LogP contribution in [0.5, 0.6) is 0 Å². The van der Waals surface area contributed by atoms with Crippen molar-refractivity contribution in [3.8, 4) is 0 Å². The lowest BCUT2D eigenvalue weighted by Gasteiger charge is -2.07. The highest BCUT2D eigenvalue weighted by molar-refractivity contribution is 6.66. The first-order chi connectivity index (χ1) is 3.72. The molecule has 1 unspecified atom stereocenters. The Balaban J connectivity index is 2.59. The van der Waals surface area contributed by atoms with Gasteiger partial charge in [0.05, 0.1) is 0 Å². The Labute approximate surface area is 51.1 Å². The molecule has 0 amide bonds. The molecule has 0 radical (unpaired) electrons. The molecular weight excluding hydrogens is 133 g/mol. The first-order valence-corrected chi connectivity index (χ1v) is 2.45. The summed E-state index contributed by atoms with van der Waals surface area (Å²) in [4.78, 5) is 0. The van der Waals surface area contributed by atoms with Crippen molar-refractivity contribution in [2.75, 3.05) is 7.05 Å². The lowest BCUT2D eigenvalue weighted by Crippen LogP contribution is -2.32. The predicted molar refractivity (Wildman–Crippen MR) is 29.1 cm³/mol. The molecule has 46 valence electrons. The molecule has 3 nitrogen and oxygen atoms in total. The minimum atomic E-state index is -1.28. The molecule has 0 saturated carbocycles. The van der Waals surface area contributed by atoms with E-state index < -0.39 is 6.30 Å². The molecule has 0 fully saturated rings. The Kier molecular flexibility index (Phi) is 1.35. The molecule has 1 rings (SSSR count). The Hall–Kier alpha value is -0.350. The van der Waals surface area contributed by atoms with Gasteiger partial charge in [-0.1, -0.05) is 11.6 Å². The van der Waals surface area contributed by atoms with Crippen LogP contribution in [0.4, 0.5) is 4.39 Å². The summed E-state index contributed by atoms with van der Waals surface area (Å²) in [6.07, 6.45) is -1.28. The molecular formula is C3H5ClFN3. The van der Waals surface area contributed by atoms with Crippen LogP contribution in [0, 0.1) is 0 Å². The summed E-state index contributed by atoms with van der Waals surface area (Å²) in [6.45, 7) is 0. The van der Waals surface area contributed by atoms with Gasteiger partial charge in [-0.3, -0.25) is 0 Å². The van der Waals surface area contributed by atoms with E-state index in [-0.39, 0.29) is 5.17 Å². The lowest BCUT2D eigenvalue weighted by molar-refractivity contribution is 0.139. The van der Waals surface area contributed by atoms with Crippen molar-refractivity contribution >= 4 is 16.8 Å². The quantitative estimate of drug-likeness (QED) is 0.486. The van der Waals surface area contributed by atoms with Crippen LogP contribution in [0.3, 0.4) is 0 Å². The molecule has 1 aliphatic rings. The second kappa shape index (κ2) is 1.87. The fourth-order valence-corrected chi connectivity index (χ4v) is 0.575. The molecule has 1 heterocycles. The largest absolute Gasteiger partial charge is 0.236 e. The summed E-state index contributed by atoms with van der Waals surface area (Å²) in [6, 6.07) is 0. The predicted octanol–water partition coefficient (Wildman–Crippen LogP) is 0.284. The van der Waals surface area contributed by atoms with Crippen molar-refractivity contribution in [2.45, 2.75) is 6.30 Å². The van der Waals surface area contributed by atoms with Crippen molar-refractivity contribution < 1.29 is 4.39 Å². The second-order valence-corrected chi connectivity index (χ2v) is 1.87. The third kappa shape index (κ3) is 0.763. The lowest BCUT2D eigenvalue weighted by atomic mass is 10.6. The van der Waals surface area contributed by atoms with Crippen molar-refractivity contribution in [3.05, 3.63) is 0 Å². The fourth-order valence-electron chi connectivity index (χ4n) is 0.390. The Morgan fingerprint density at radius 2 is 2.62 bits per heavy atom. The van der Waals surface area contributed by atoms with Crippen LogP contribution >= 0.6 is 11.6 Å². The summed E-state index contributed by atoms with van der Waals surface area (Å²) in [5, 5.41) is 4.50. The molecule has 0 aromatic heterocycles. The first kappa shape index (κ1) is 5.78. The van der Waals surface area contributed by atoms with Crippen LogP contribution in [0.15, 0.2) is 5.10 Å². The van der Waals surface area contributed by atoms with E-state index in [1.54, 1.807) is 0 Å². The number of rotatable bonds is 0. The van der Waals surface area contributed by atoms with E-state index in [0.717, 1.165) is 0 Å². The summed E-state index contributed by atoms with van der Waals surface area (Å²) in [7, 11) is 1.52. The van der Waals surface area contributed by atoms with Crippen LogP contribution in [0.2, 0.25) is 0 Å². The number of nitrogens with zero attached hydrogens (tertiary/aromatic N) is 2. The molecule has 0 saturated heterocycles. The van der Waals surface area contributed by atoms with Gasteiger partial charge in [0.15, 0.2) is 5.17 Å². The van der Waals surface area contributed by atoms with Crippen molar-refractivity contribution in [2.24, 2.45) is 5.10 Å². The minimum Gasteiger partial charge on any atom is -0.236 e. The molecule has 8 heavy (non-hydrogen) atoms. The van der Waals surface area contributed by atoms with Gasteiger partial charge in [-0.2, -0.15) is 10.1 Å². The Bertz CT molecular complexity index is 126. The SMILES string of the molecule is CN1NN=C(Cl)C1F. The molecule has 1 atom stereocenters. The van der Waals surface area contributed by atoms with Gasteiger partial charge in [0.1, 0.15) is 0 Å². The number of hydrazone groups is 1. The van der Waals surface area contributed by atoms with E-state index in [2.05, 4.69) is 10.6 Å². The number of alkyl halides is 1. The second-order valence-electron chi connectivity index (χ2n) is 1.48. The van der Waals surface area contributed by atoms with Crippen LogP contribution in [-0.2, 0) is 0 Å². The van der Waals surface area contributed by atoms with Crippen LogP contribution in [-0.4, -0.2) is 23.5 Å². The smallest absolute Gasteiger partial charge is 0.226 e. The monoisotopic (exact) mass is 137 g/mol. The summed E-state index contributed by atoms with van der Waals surface area (Å²) >= 11 is 5.23. The average molecular weight is 138 g/mol. The fraction of sp³-hybridized carbons (Fsp3) is 0.667. The first-order valence-electron chi connectivity index (χ1n) is 2.07. The summed E-state index contributed by atoms with van der Waals surface area (Å²) < 4.78 is 12.3. The van der Waals surface area contributed by atoms with Crippen molar-refractivity contribution in [3.63, 3.8) is 0 Å². The van der Waals surface area contributed by atoms with E-state index in [9.17, 15) is 4.39 Å². The van der Waals surface area contributed by atoms with Gasteiger partial charge in [0.25, 0.3) is 0 Å². The molecule has 5 heteroatoms. The van der Waals surface area contributed by atoms with Gasteiger partial charge in [-0.25, -0.2) is 9.93 Å². The summed E-state index contributed by atoms with van der Waals surface area (Å²) in [5.41, 5.74) is 2.33. The highest BCUT2D eigenvalue weighted by Crippen LogP contribution is 2.06. The number of hydrogen-bond donors (Lipinski definition) is 1. The summed E-state index contributed by atoms with van der Waals surface area (Å²) in [5.74, 6) is 0. The van der Waals surface area contributed by atoms with Gasteiger partial charge in [-0.15, -0.1) is 0 Å². The van der Waals surface area contributed by atoms with Crippen molar-refractivity contribution in [1.82, 2.24) is 10.5 Å².